The second kappa shape index (κ2) is 9.94. The Morgan fingerprint density at radius 1 is 1.31 bits per heavy atom. The largest absolute Gasteiger partial charge is 0.506 e. The minimum atomic E-state index is -0.389. The Bertz CT molecular complexity index is 1380. The van der Waals surface area contributed by atoms with E-state index < -0.39 is 0 Å². The Morgan fingerprint density at radius 3 is 2.83 bits per heavy atom. The lowest BCUT2D eigenvalue weighted by Gasteiger charge is -2.12. The summed E-state index contributed by atoms with van der Waals surface area (Å²) in [5.41, 5.74) is 2.90. The molecule has 0 aliphatic heterocycles. The molecule has 35 heavy (non-hydrogen) atoms. The molecule has 8 nitrogen and oxygen atoms in total. The predicted octanol–water partition coefficient (Wildman–Crippen LogP) is 5.56. The molecule has 5 rings (SSSR count). The molecule has 0 bridgehead atoms. The summed E-state index contributed by atoms with van der Waals surface area (Å²) >= 11 is 5.16. The molecule has 0 radical (unpaired) electrons. The van der Waals surface area contributed by atoms with Crippen molar-refractivity contribution in [2.75, 3.05) is 13.7 Å². The number of thioether (sulfide) groups is 1. The van der Waals surface area contributed by atoms with Gasteiger partial charge in [0.1, 0.15) is 24.2 Å². The zero-order chi connectivity index (χ0) is 24.5. The zero-order valence-corrected chi connectivity index (χ0v) is 21.8. The predicted molar refractivity (Wildman–Crippen MR) is 137 cm³/mol. The molecular weight excluding hydrogens is 532 g/mol. The fraction of sp³-hybridized carbons (Fsp3) is 0.320. The van der Waals surface area contributed by atoms with Crippen LogP contribution in [0, 0.1) is 0 Å². The number of phenolic OH excluding ortho intramolecular Hbond substituents is 1. The number of ether oxygens (including phenoxy) is 2. The number of benzene rings is 2. The van der Waals surface area contributed by atoms with Crippen LogP contribution in [0.25, 0.3) is 10.9 Å². The first-order valence-electron chi connectivity index (χ1n) is 11.3. The molecule has 0 atom stereocenters. The summed E-state index contributed by atoms with van der Waals surface area (Å²) in [5.74, 6) is 1.04. The summed E-state index contributed by atoms with van der Waals surface area (Å²) in [6, 6.07) is 10.1. The molecule has 0 saturated heterocycles. The molecule has 0 unspecified atom stereocenters. The maximum Gasteiger partial charge on any atom is 0.340 e. The number of esters is 1. The Labute approximate surface area is 215 Å². The number of hydrogen-bond acceptors (Lipinski definition) is 7. The van der Waals surface area contributed by atoms with Crippen molar-refractivity contribution in [1.29, 1.82) is 0 Å². The van der Waals surface area contributed by atoms with Crippen LogP contribution in [0.4, 0.5) is 0 Å². The number of carbonyl (C=O) groups excluding carboxylic acids is 1. The molecule has 1 aliphatic rings. The van der Waals surface area contributed by atoms with E-state index in [1.54, 1.807) is 36.8 Å². The average Bonchev–Trinajstić information content (AvgIpc) is 3.46. The van der Waals surface area contributed by atoms with E-state index in [4.69, 9.17) is 9.47 Å². The third-order valence-corrected chi connectivity index (χ3v) is 7.63. The summed E-state index contributed by atoms with van der Waals surface area (Å²) in [7, 11) is 1.65. The highest BCUT2D eigenvalue weighted by molar-refractivity contribution is 9.10. The summed E-state index contributed by atoms with van der Waals surface area (Å²) < 4.78 is 15.4. The van der Waals surface area contributed by atoms with Crippen LogP contribution in [0.2, 0.25) is 0 Å². The standard InChI is InChI=1S/C25H25BrN4O4S/c1-3-34-25(32)23-21(12-35-17-6-4-5-16(9-17)33-2)30(15-7-8-15)20-10-19(26)24(31)18(22(20)23)11-29-14-27-13-28-29/h4-6,9-10,13-15,31H,3,7-8,11-12H2,1-2H3. The maximum atomic E-state index is 13.4. The molecule has 182 valence electrons. The third kappa shape index (κ3) is 4.64. The van der Waals surface area contributed by atoms with Crippen LogP contribution >= 0.6 is 27.7 Å². The van der Waals surface area contributed by atoms with Crippen molar-refractivity contribution in [3.05, 3.63) is 64.3 Å². The SMILES string of the molecule is CCOC(=O)c1c(CSc2cccc(OC)c2)n(C2CC2)c2cc(Br)c(O)c(Cn3cncn3)c12. The average molecular weight is 557 g/mol. The van der Waals surface area contributed by atoms with E-state index in [2.05, 4.69) is 30.6 Å². The fourth-order valence-corrected chi connectivity index (χ4v) is 5.76. The molecule has 0 spiro atoms. The molecule has 0 amide bonds. The number of methoxy groups -OCH3 is 1. The Hall–Kier alpha value is -2.98. The van der Waals surface area contributed by atoms with Gasteiger partial charge in [-0.05, 0) is 60.0 Å². The number of aromatic hydroxyl groups is 1. The Balaban J connectivity index is 1.70. The highest BCUT2D eigenvalue weighted by atomic mass is 79.9. The molecule has 1 N–H and O–H groups in total. The summed E-state index contributed by atoms with van der Waals surface area (Å²) in [6.07, 6.45) is 5.12. The highest BCUT2D eigenvalue weighted by Gasteiger charge is 2.34. The molecular formula is C25H25BrN4O4S. The van der Waals surface area contributed by atoms with Crippen molar-refractivity contribution in [1.82, 2.24) is 19.3 Å². The van der Waals surface area contributed by atoms with Gasteiger partial charge in [0.25, 0.3) is 0 Å². The van der Waals surface area contributed by atoms with Crippen LogP contribution < -0.4 is 4.74 Å². The number of nitrogens with zero attached hydrogens (tertiary/aromatic N) is 4. The van der Waals surface area contributed by atoms with Gasteiger partial charge in [-0.25, -0.2) is 14.5 Å². The van der Waals surface area contributed by atoms with Gasteiger partial charge in [-0.2, -0.15) is 5.10 Å². The van der Waals surface area contributed by atoms with Crippen molar-refractivity contribution in [2.24, 2.45) is 0 Å². The summed E-state index contributed by atoms with van der Waals surface area (Å²) in [4.78, 5) is 18.5. The number of aromatic nitrogens is 4. The van der Waals surface area contributed by atoms with Crippen molar-refractivity contribution in [3.63, 3.8) is 0 Å². The van der Waals surface area contributed by atoms with Gasteiger partial charge in [-0.3, -0.25) is 0 Å². The second-order valence-electron chi connectivity index (χ2n) is 8.28. The number of phenols is 1. The van der Waals surface area contributed by atoms with Crippen LogP contribution in [0.3, 0.4) is 0 Å². The number of hydrogen-bond donors (Lipinski definition) is 1. The quantitative estimate of drug-likeness (QED) is 0.213. The Morgan fingerprint density at radius 2 is 2.14 bits per heavy atom. The molecule has 4 aromatic rings. The normalized spacial score (nSPS) is 13.3. The summed E-state index contributed by atoms with van der Waals surface area (Å²) in [6.45, 7) is 2.33. The lowest BCUT2D eigenvalue weighted by Crippen LogP contribution is -2.10. The van der Waals surface area contributed by atoms with Crippen molar-refractivity contribution < 1.29 is 19.4 Å². The number of rotatable bonds is 9. The van der Waals surface area contributed by atoms with Crippen LogP contribution in [-0.4, -0.2) is 44.1 Å². The van der Waals surface area contributed by atoms with E-state index in [9.17, 15) is 9.90 Å². The van der Waals surface area contributed by atoms with Crippen molar-refractivity contribution >= 4 is 44.6 Å². The van der Waals surface area contributed by atoms with Crippen LogP contribution in [0.1, 0.15) is 47.4 Å². The molecule has 10 heteroatoms. The third-order valence-electron chi connectivity index (χ3n) is 6.02. The molecule has 2 aromatic carbocycles. The van der Waals surface area contributed by atoms with Gasteiger partial charge >= 0.3 is 5.97 Å². The first-order chi connectivity index (χ1) is 17.0. The lowest BCUT2D eigenvalue weighted by molar-refractivity contribution is 0.0527. The van der Waals surface area contributed by atoms with Gasteiger partial charge in [-0.1, -0.05) is 6.07 Å². The van der Waals surface area contributed by atoms with E-state index in [1.807, 2.05) is 30.3 Å². The van der Waals surface area contributed by atoms with E-state index in [-0.39, 0.29) is 24.9 Å². The van der Waals surface area contributed by atoms with Crippen LogP contribution in [0.15, 0.2) is 52.4 Å². The van der Waals surface area contributed by atoms with Gasteiger partial charge in [0, 0.05) is 33.3 Å². The van der Waals surface area contributed by atoms with Gasteiger partial charge < -0.3 is 19.1 Å². The van der Waals surface area contributed by atoms with E-state index in [0.29, 0.717) is 32.8 Å². The molecule has 1 fully saturated rings. The van der Waals surface area contributed by atoms with Crippen LogP contribution in [0.5, 0.6) is 11.5 Å². The van der Waals surface area contributed by atoms with Crippen LogP contribution in [-0.2, 0) is 17.0 Å². The van der Waals surface area contributed by atoms with E-state index >= 15 is 0 Å². The van der Waals surface area contributed by atoms with E-state index in [1.165, 1.54) is 6.33 Å². The minimum Gasteiger partial charge on any atom is -0.506 e. The number of carbonyl (C=O) groups is 1. The van der Waals surface area contributed by atoms with E-state index in [0.717, 1.165) is 34.7 Å². The minimum absolute atomic E-state index is 0.0819. The second-order valence-corrected chi connectivity index (χ2v) is 10.2. The van der Waals surface area contributed by atoms with Crippen molar-refractivity contribution in [2.45, 2.75) is 43.0 Å². The number of halogens is 1. The monoisotopic (exact) mass is 556 g/mol. The summed E-state index contributed by atoms with van der Waals surface area (Å²) in [5, 5.41) is 16.0. The topological polar surface area (TPSA) is 91.4 Å². The van der Waals surface area contributed by atoms with Gasteiger partial charge in [0.15, 0.2) is 0 Å². The zero-order valence-electron chi connectivity index (χ0n) is 19.4. The molecule has 1 aliphatic carbocycles. The van der Waals surface area contributed by atoms with Gasteiger partial charge in [0.05, 0.1) is 35.8 Å². The Kier molecular flexibility index (Phi) is 6.75. The first kappa shape index (κ1) is 23.7. The maximum absolute atomic E-state index is 13.4. The first-order valence-corrected chi connectivity index (χ1v) is 13.1. The van der Waals surface area contributed by atoms with Gasteiger partial charge in [-0.15, -0.1) is 11.8 Å². The smallest absolute Gasteiger partial charge is 0.340 e. The molecule has 2 heterocycles. The lowest BCUT2D eigenvalue weighted by atomic mass is 10.0. The van der Waals surface area contributed by atoms with Gasteiger partial charge in [0.2, 0.25) is 0 Å². The highest BCUT2D eigenvalue weighted by Crippen LogP contribution is 2.47. The number of fused-ring (bicyclic) bond motifs is 1. The fourth-order valence-electron chi connectivity index (χ4n) is 4.34. The molecule has 2 aromatic heterocycles. The molecule has 1 saturated carbocycles. The van der Waals surface area contributed by atoms with Crippen molar-refractivity contribution in [3.8, 4) is 11.5 Å².